The van der Waals surface area contributed by atoms with Crippen molar-refractivity contribution in [1.82, 2.24) is 9.78 Å². The maximum Gasteiger partial charge on any atom is 0.308 e. The van der Waals surface area contributed by atoms with Gasteiger partial charge in [-0.3, -0.25) is 9.59 Å². The first-order valence-electron chi connectivity index (χ1n) is 7.98. The standard InChI is InChI=1S/C17H16Cl3N3O3/c1-26-17(25)9-2-4-11(6-9)22-13-8-21-23(16(24)15(13)20)14-5-3-10(18)7-12(14)19/h3,5,7-9,11,22H,2,4,6H2,1H3/t9-,11+/m0/s1. The molecule has 1 aliphatic rings. The molecule has 0 amide bonds. The summed E-state index contributed by atoms with van der Waals surface area (Å²) >= 11 is 18.3. The third kappa shape index (κ3) is 3.82. The summed E-state index contributed by atoms with van der Waals surface area (Å²) in [6.45, 7) is 0. The molecule has 0 bridgehead atoms. The molecule has 0 unspecified atom stereocenters. The normalized spacial score (nSPS) is 19.4. The first-order valence-corrected chi connectivity index (χ1v) is 9.11. The number of esters is 1. The minimum atomic E-state index is -0.497. The van der Waals surface area contributed by atoms with Crippen LogP contribution in [0.25, 0.3) is 5.69 Å². The Labute approximate surface area is 165 Å². The summed E-state index contributed by atoms with van der Waals surface area (Å²) in [5.41, 5.74) is 0.318. The van der Waals surface area contributed by atoms with Gasteiger partial charge in [0.1, 0.15) is 5.02 Å². The van der Waals surface area contributed by atoms with Crippen molar-refractivity contribution in [2.24, 2.45) is 5.92 Å². The van der Waals surface area contributed by atoms with Crippen molar-refractivity contribution < 1.29 is 9.53 Å². The van der Waals surface area contributed by atoms with Crippen molar-refractivity contribution in [2.45, 2.75) is 25.3 Å². The molecular weight excluding hydrogens is 401 g/mol. The van der Waals surface area contributed by atoms with Crippen LogP contribution < -0.4 is 10.9 Å². The van der Waals surface area contributed by atoms with E-state index in [1.54, 1.807) is 12.1 Å². The van der Waals surface area contributed by atoms with E-state index < -0.39 is 5.56 Å². The number of rotatable bonds is 4. The van der Waals surface area contributed by atoms with Crippen LogP contribution in [0.5, 0.6) is 0 Å². The predicted octanol–water partition coefficient (Wildman–Crippen LogP) is 3.95. The topological polar surface area (TPSA) is 73.2 Å². The highest BCUT2D eigenvalue weighted by Gasteiger charge is 2.31. The summed E-state index contributed by atoms with van der Waals surface area (Å²) in [7, 11) is 1.38. The van der Waals surface area contributed by atoms with Crippen molar-refractivity contribution in [2.75, 3.05) is 12.4 Å². The van der Waals surface area contributed by atoms with Gasteiger partial charge in [-0.2, -0.15) is 9.78 Å². The van der Waals surface area contributed by atoms with Crippen LogP contribution in [0.4, 0.5) is 5.69 Å². The molecule has 1 fully saturated rings. The average Bonchev–Trinajstić information content (AvgIpc) is 3.08. The van der Waals surface area contributed by atoms with E-state index in [0.717, 1.165) is 17.5 Å². The number of benzene rings is 1. The lowest BCUT2D eigenvalue weighted by atomic mass is 10.1. The Balaban J connectivity index is 1.82. The molecule has 6 nitrogen and oxygen atoms in total. The van der Waals surface area contributed by atoms with Crippen molar-refractivity contribution >= 4 is 46.5 Å². The van der Waals surface area contributed by atoms with Crippen molar-refractivity contribution in [3.05, 3.63) is 49.8 Å². The molecule has 1 heterocycles. The summed E-state index contributed by atoms with van der Waals surface area (Å²) in [5, 5.41) is 8.10. The van der Waals surface area contributed by atoms with Gasteiger partial charge in [0, 0.05) is 11.1 Å². The second-order valence-corrected chi connectivity index (χ2v) is 7.28. The summed E-state index contributed by atoms with van der Waals surface area (Å²) in [6.07, 6.45) is 3.60. The van der Waals surface area contributed by atoms with E-state index in [-0.39, 0.29) is 23.0 Å². The molecule has 138 valence electrons. The molecule has 0 spiro atoms. The molecule has 1 aliphatic carbocycles. The van der Waals surface area contributed by atoms with Gasteiger partial charge < -0.3 is 10.1 Å². The van der Waals surface area contributed by atoms with Gasteiger partial charge in [-0.05, 0) is 37.5 Å². The zero-order valence-corrected chi connectivity index (χ0v) is 16.1. The largest absolute Gasteiger partial charge is 0.469 e. The second kappa shape index (κ2) is 7.86. The van der Waals surface area contributed by atoms with E-state index in [1.807, 2.05) is 0 Å². The Bertz CT molecular complexity index is 901. The number of carbonyl (C=O) groups excluding carboxylic acids is 1. The van der Waals surface area contributed by atoms with Crippen LogP contribution in [-0.2, 0) is 9.53 Å². The van der Waals surface area contributed by atoms with Crippen LogP contribution in [0.1, 0.15) is 19.3 Å². The van der Waals surface area contributed by atoms with Crippen LogP contribution in [-0.4, -0.2) is 28.9 Å². The van der Waals surface area contributed by atoms with Gasteiger partial charge >= 0.3 is 5.97 Å². The fourth-order valence-corrected chi connectivity index (χ4v) is 3.74. The highest BCUT2D eigenvalue weighted by Crippen LogP contribution is 2.30. The van der Waals surface area contributed by atoms with Crippen molar-refractivity contribution in [3.8, 4) is 5.69 Å². The van der Waals surface area contributed by atoms with Gasteiger partial charge in [0.25, 0.3) is 5.56 Å². The fraction of sp³-hybridized carbons (Fsp3) is 0.353. The SMILES string of the molecule is COC(=O)[C@H]1CC[C@@H](Nc2cnn(-c3ccc(Cl)cc3Cl)c(=O)c2Cl)C1. The highest BCUT2D eigenvalue weighted by atomic mass is 35.5. The number of halogens is 3. The van der Waals surface area contributed by atoms with Gasteiger partial charge in [-0.1, -0.05) is 34.8 Å². The minimum absolute atomic E-state index is 0.00698. The molecule has 0 radical (unpaired) electrons. The zero-order valence-electron chi connectivity index (χ0n) is 13.8. The number of carbonyl (C=O) groups is 1. The molecule has 2 aromatic rings. The van der Waals surface area contributed by atoms with Crippen LogP contribution in [0.3, 0.4) is 0 Å². The average molecular weight is 417 g/mol. The fourth-order valence-electron chi connectivity index (χ4n) is 3.07. The lowest BCUT2D eigenvalue weighted by Gasteiger charge is -2.16. The second-order valence-electron chi connectivity index (χ2n) is 6.06. The van der Waals surface area contributed by atoms with E-state index >= 15 is 0 Å². The number of nitrogens with zero attached hydrogens (tertiary/aromatic N) is 2. The van der Waals surface area contributed by atoms with Gasteiger partial charge in [-0.25, -0.2) is 0 Å². The van der Waals surface area contributed by atoms with Gasteiger partial charge in [0.15, 0.2) is 0 Å². The van der Waals surface area contributed by atoms with Crippen LogP contribution in [0.15, 0.2) is 29.2 Å². The van der Waals surface area contributed by atoms with Crippen LogP contribution in [0, 0.1) is 5.92 Å². The summed E-state index contributed by atoms with van der Waals surface area (Å²) in [5.74, 6) is -0.358. The first kappa shape index (κ1) is 19.0. The number of anilines is 1. The third-order valence-corrected chi connectivity index (χ3v) is 5.29. The molecule has 3 rings (SSSR count). The molecular formula is C17H16Cl3N3O3. The maximum atomic E-state index is 12.6. The molecule has 2 atom stereocenters. The smallest absolute Gasteiger partial charge is 0.308 e. The summed E-state index contributed by atoms with van der Waals surface area (Å²) in [6, 6.07) is 4.76. The predicted molar refractivity (Wildman–Crippen MR) is 102 cm³/mol. The summed E-state index contributed by atoms with van der Waals surface area (Å²) < 4.78 is 5.90. The Morgan fingerprint density at radius 3 is 2.77 bits per heavy atom. The lowest BCUT2D eigenvalue weighted by Crippen LogP contribution is -2.25. The quantitative estimate of drug-likeness (QED) is 0.764. The summed E-state index contributed by atoms with van der Waals surface area (Å²) in [4.78, 5) is 24.2. The number of methoxy groups -OCH3 is 1. The monoisotopic (exact) mass is 415 g/mol. The molecule has 0 saturated heterocycles. The Morgan fingerprint density at radius 1 is 1.31 bits per heavy atom. The molecule has 1 saturated carbocycles. The van der Waals surface area contributed by atoms with Gasteiger partial charge in [-0.15, -0.1) is 0 Å². The maximum absolute atomic E-state index is 12.6. The number of hydrogen-bond acceptors (Lipinski definition) is 5. The Hall–Kier alpha value is -1.76. The van der Waals surface area contributed by atoms with E-state index in [0.29, 0.717) is 27.8 Å². The number of hydrogen-bond donors (Lipinski definition) is 1. The van der Waals surface area contributed by atoms with E-state index in [4.69, 9.17) is 39.5 Å². The molecule has 9 heteroatoms. The molecule has 0 aliphatic heterocycles. The number of aromatic nitrogens is 2. The molecule has 1 aromatic heterocycles. The van der Waals surface area contributed by atoms with E-state index in [1.165, 1.54) is 19.4 Å². The highest BCUT2D eigenvalue weighted by molar-refractivity contribution is 6.36. The van der Waals surface area contributed by atoms with Crippen molar-refractivity contribution in [3.63, 3.8) is 0 Å². The number of nitrogens with one attached hydrogen (secondary N) is 1. The van der Waals surface area contributed by atoms with Gasteiger partial charge in [0.2, 0.25) is 0 Å². The van der Waals surface area contributed by atoms with Gasteiger partial charge in [0.05, 0.1) is 35.6 Å². The molecule has 26 heavy (non-hydrogen) atoms. The number of ether oxygens (including phenoxy) is 1. The van der Waals surface area contributed by atoms with Crippen LogP contribution in [0.2, 0.25) is 15.1 Å². The molecule has 1 aromatic carbocycles. The molecule has 1 N–H and O–H groups in total. The van der Waals surface area contributed by atoms with E-state index in [9.17, 15) is 9.59 Å². The Kier molecular flexibility index (Phi) is 5.75. The zero-order chi connectivity index (χ0) is 18.8. The Morgan fingerprint density at radius 2 is 2.08 bits per heavy atom. The van der Waals surface area contributed by atoms with E-state index in [2.05, 4.69) is 10.4 Å². The minimum Gasteiger partial charge on any atom is -0.469 e. The third-order valence-electron chi connectivity index (χ3n) is 4.38. The van der Waals surface area contributed by atoms with Crippen molar-refractivity contribution in [1.29, 1.82) is 0 Å². The van der Waals surface area contributed by atoms with Crippen LogP contribution >= 0.6 is 34.8 Å². The lowest BCUT2D eigenvalue weighted by molar-refractivity contribution is -0.145. The first-order chi connectivity index (χ1) is 12.4.